The maximum absolute atomic E-state index is 11.8. The van der Waals surface area contributed by atoms with Crippen molar-refractivity contribution in [3.63, 3.8) is 0 Å². The largest absolute Gasteiger partial charge is 0.493 e. The lowest BCUT2D eigenvalue weighted by atomic mass is 9.86. The number of benzene rings is 2. The van der Waals surface area contributed by atoms with Crippen molar-refractivity contribution in [2.24, 2.45) is 0 Å². The molecule has 0 saturated heterocycles. The molecule has 5 rings (SSSR count). The van der Waals surface area contributed by atoms with Gasteiger partial charge < -0.3 is 14.2 Å². The van der Waals surface area contributed by atoms with Gasteiger partial charge in [-0.3, -0.25) is 14.8 Å². The molecule has 36 heavy (non-hydrogen) atoms. The van der Waals surface area contributed by atoms with Crippen molar-refractivity contribution in [1.82, 2.24) is 9.97 Å². The second kappa shape index (κ2) is 9.17. The standard InChI is InChI=1S/C30H32N2O4/c1-17-15-23-21(8-7-18(2)32-23)28(26(17)25(16-35-19(3)33)36-30(4,5)6)22-9-10-24-27-20(12-14-34-24)11-13-31-29(22)27/h7-11,13,15,25H,12,14,16H2,1-6H3/t25-/m1/s1. The van der Waals surface area contributed by atoms with E-state index in [-0.39, 0.29) is 12.6 Å². The van der Waals surface area contributed by atoms with Gasteiger partial charge in [0.25, 0.3) is 0 Å². The highest BCUT2D eigenvalue weighted by atomic mass is 16.6. The third-order valence-electron chi connectivity index (χ3n) is 6.47. The van der Waals surface area contributed by atoms with Crippen LogP contribution in [0.4, 0.5) is 0 Å². The number of hydrogen-bond donors (Lipinski definition) is 0. The van der Waals surface area contributed by atoms with Crippen molar-refractivity contribution in [2.45, 2.75) is 59.7 Å². The van der Waals surface area contributed by atoms with E-state index in [1.807, 2.05) is 46.0 Å². The molecule has 0 fully saturated rings. The molecule has 0 radical (unpaired) electrons. The SMILES string of the molecule is CC(=O)OC[C@@H](OC(C)(C)C)c1c(C)cc2nc(C)ccc2c1-c1ccc2c3c(ccnc13)CCO2. The van der Waals surface area contributed by atoms with Crippen molar-refractivity contribution < 1.29 is 19.0 Å². The van der Waals surface area contributed by atoms with Gasteiger partial charge in [-0.2, -0.15) is 0 Å². The lowest BCUT2D eigenvalue weighted by Crippen LogP contribution is -2.27. The molecule has 0 saturated carbocycles. The molecular weight excluding hydrogens is 452 g/mol. The second-order valence-electron chi connectivity index (χ2n) is 10.4. The average molecular weight is 485 g/mol. The van der Waals surface area contributed by atoms with Gasteiger partial charge in [0, 0.05) is 41.6 Å². The average Bonchev–Trinajstić information content (AvgIpc) is 2.81. The van der Waals surface area contributed by atoms with Crippen LogP contribution in [0, 0.1) is 13.8 Å². The van der Waals surface area contributed by atoms with E-state index >= 15 is 0 Å². The number of ether oxygens (including phenoxy) is 3. The summed E-state index contributed by atoms with van der Waals surface area (Å²) in [7, 11) is 0. The molecule has 0 bridgehead atoms. The van der Waals surface area contributed by atoms with Crippen molar-refractivity contribution in [3.8, 4) is 16.9 Å². The molecule has 0 N–H and O–H groups in total. The Kier molecular flexibility index (Phi) is 6.17. The summed E-state index contributed by atoms with van der Waals surface area (Å²) in [4.78, 5) is 21.5. The molecule has 3 heterocycles. The van der Waals surface area contributed by atoms with Crippen LogP contribution in [0.2, 0.25) is 0 Å². The zero-order valence-electron chi connectivity index (χ0n) is 21.8. The summed E-state index contributed by atoms with van der Waals surface area (Å²) in [5, 5.41) is 2.06. The summed E-state index contributed by atoms with van der Waals surface area (Å²) in [6.07, 6.45) is 2.25. The van der Waals surface area contributed by atoms with Crippen LogP contribution >= 0.6 is 0 Å². The van der Waals surface area contributed by atoms with E-state index < -0.39 is 11.7 Å². The molecule has 4 aromatic rings. The van der Waals surface area contributed by atoms with E-state index in [0.717, 1.165) is 61.9 Å². The molecular formula is C30H32N2O4. The predicted molar refractivity (Wildman–Crippen MR) is 141 cm³/mol. The van der Waals surface area contributed by atoms with Gasteiger partial charge >= 0.3 is 5.97 Å². The van der Waals surface area contributed by atoms with Crippen molar-refractivity contribution in [3.05, 3.63) is 65.0 Å². The van der Waals surface area contributed by atoms with Crippen LogP contribution in [0.1, 0.15) is 56.2 Å². The first-order valence-electron chi connectivity index (χ1n) is 12.4. The molecule has 6 heteroatoms. The minimum Gasteiger partial charge on any atom is -0.493 e. The number of pyridine rings is 2. The third kappa shape index (κ3) is 4.53. The molecule has 1 atom stereocenters. The Balaban J connectivity index is 1.86. The van der Waals surface area contributed by atoms with Crippen LogP contribution in [0.3, 0.4) is 0 Å². The fraction of sp³-hybridized carbons (Fsp3) is 0.367. The van der Waals surface area contributed by atoms with E-state index in [4.69, 9.17) is 24.2 Å². The van der Waals surface area contributed by atoms with E-state index in [1.165, 1.54) is 12.5 Å². The number of aromatic nitrogens is 2. The fourth-order valence-electron chi connectivity index (χ4n) is 5.13. The van der Waals surface area contributed by atoms with Crippen LogP contribution in [-0.2, 0) is 20.7 Å². The zero-order chi connectivity index (χ0) is 25.6. The molecule has 2 aromatic heterocycles. The van der Waals surface area contributed by atoms with E-state index in [1.54, 1.807) is 0 Å². The topological polar surface area (TPSA) is 70.5 Å². The maximum atomic E-state index is 11.8. The van der Waals surface area contributed by atoms with E-state index in [2.05, 4.69) is 31.2 Å². The normalized spacial score (nSPS) is 14.1. The highest BCUT2D eigenvalue weighted by molar-refractivity contribution is 6.07. The Morgan fingerprint density at radius 3 is 2.69 bits per heavy atom. The smallest absolute Gasteiger partial charge is 0.302 e. The Morgan fingerprint density at radius 1 is 1.14 bits per heavy atom. The minimum absolute atomic E-state index is 0.114. The molecule has 0 unspecified atom stereocenters. The van der Waals surface area contributed by atoms with Gasteiger partial charge in [-0.25, -0.2) is 0 Å². The van der Waals surface area contributed by atoms with Gasteiger partial charge in [0.2, 0.25) is 0 Å². The summed E-state index contributed by atoms with van der Waals surface area (Å²) < 4.78 is 18.0. The number of aryl methyl sites for hydroxylation is 2. The maximum Gasteiger partial charge on any atom is 0.302 e. The highest BCUT2D eigenvalue weighted by Crippen LogP contribution is 2.44. The molecule has 0 amide bonds. The quantitative estimate of drug-likeness (QED) is 0.304. The first-order chi connectivity index (χ1) is 17.1. The third-order valence-corrected chi connectivity index (χ3v) is 6.47. The van der Waals surface area contributed by atoms with Gasteiger partial charge in [-0.05, 0) is 87.2 Å². The summed E-state index contributed by atoms with van der Waals surface area (Å²) in [5.41, 5.74) is 7.51. The lowest BCUT2D eigenvalue weighted by Gasteiger charge is -2.31. The number of carbonyl (C=O) groups excluding carboxylic acids is 1. The van der Waals surface area contributed by atoms with Crippen molar-refractivity contribution in [1.29, 1.82) is 0 Å². The van der Waals surface area contributed by atoms with E-state index in [9.17, 15) is 4.79 Å². The van der Waals surface area contributed by atoms with Crippen LogP contribution in [0.15, 0.2) is 42.6 Å². The minimum atomic E-state index is -0.475. The predicted octanol–water partition coefficient (Wildman–Crippen LogP) is 6.42. The number of rotatable bonds is 5. The van der Waals surface area contributed by atoms with Crippen LogP contribution in [-0.4, -0.2) is 34.8 Å². The Hall–Kier alpha value is -3.51. The fourth-order valence-corrected chi connectivity index (χ4v) is 5.13. The van der Waals surface area contributed by atoms with Crippen LogP contribution < -0.4 is 4.74 Å². The van der Waals surface area contributed by atoms with Crippen molar-refractivity contribution >= 4 is 27.8 Å². The van der Waals surface area contributed by atoms with E-state index in [0.29, 0.717) is 6.61 Å². The summed E-state index contributed by atoms with van der Waals surface area (Å²) in [5.74, 6) is 0.521. The monoisotopic (exact) mass is 484 g/mol. The lowest BCUT2D eigenvalue weighted by molar-refractivity contribution is -0.150. The Bertz CT molecular complexity index is 1480. The molecule has 1 aliphatic heterocycles. The van der Waals surface area contributed by atoms with Gasteiger partial charge in [-0.1, -0.05) is 6.07 Å². The number of nitrogens with zero attached hydrogens (tertiary/aromatic N) is 2. The Labute approximate surface area is 211 Å². The molecule has 0 spiro atoms. The molecule has 6 nitrogen and oxygen atoms in total. The molecule has 186 valence electrons. The number of esters is 1. The Morgan fingerprint density at radius 2 is 1.94 bits per heavy atom. The summed E-state index contributed by atoms with van der Waals surface area (Å²) in [6.45, 7) is 12.3. The van der Waals surface area contributed by atoms with Gasteiger partial charge in [-0.15, -0.1) is 0 Å². The number of hydrogen-bond acceptors (Lipinski definition) is 6. The number of carbonyl (C=O) groups is 1. The second-order valence-corrected chi connectivity index (χ2v) is 10.4. The van der Waals surface area contributed by atoms with Gasteiger partial charge in [0.1, 0.15) is 18.5 Å². The molecule has 0 aliphatic carbocycles. The zero-order valence-corrected chi connectivity index (χ0v) is 21.8. The number of fused-ring (bicyclic) bond motifs is 1. The van der Waals surface area contributed by atoms with Gasteiger partial charge in [0.15, 0.2) is 0 Å². The van der Waals surface area contributed by atoms with Crippen molar-refractivity contribution in [2.75, 3.05) is 13.2 Å². The molecule has 2 aromatic carbocycles. The first kappa shape index (κ1) is 24.2. The van der Waals surface area contributed by atoms with Crippen LogP contribution in [0.25, 0.3) is 32.9 Å². The summed E-state index contributed by atoms with van der Waals surface area (Å²) >= 11 is 0. The van der Waals surface area contributed by atoms with Gasteiger partial charge in [0.05, 0.1) is 23.2 Å². The summed E-state index contributed by atoms with van der Waals surface area (Å²) in [6, 6.07) is 12.4. The first-order valence-corrected chi connectivity index (χ1v) is 12.4. The highest BCUT2D eigenvalue weighted by Gasteiger charge is 2.29. The molecule has 1 aliphatic rings. The van der Waals surface area contributed by atoms with Crippen LogP contribution in [0.5, 0.6) is 5.75 Å².